The Balaban J connectivity index is 1.67. The molecule has 2 saturated heterocycles. The van der Waals surface area contributed by atoms with E-state index in [0.29, 0.717) is 5.31 Å². The molecule has 0 nitrogen and oxygen atoms in total. The Bertz CT molecular complexity index is 246. The zero-order chi connectivity index (χ0) is 12.7. The third kappa shape index (κ3) is 4.18. The lowest BCUT2D eigenvalue weighted by molar-refractivity contribution is 0.397. The first-order chi connectivity index (χ1) is 8.85. The number of rotatable bonds is 7. The molecule has 1 radical (unpaired) electrons. The normalized spacial score (nSPS) is 31.5. The van der Waals surface area contributed by atoms with Crippen molar-refractivity contribution in [2.75, 3.05) is 0 Å². The van der Waals surface area contributed by atoms with Crippen LogP contribution in [0.15, 0.2) is 12.2 Å². The third-order valence-electron chi connectivity index (χ3n) is 4.93. The molecule has 0 aromatic rings. The van der Waals surface area contributed by atoms with Crippen LogP contribution in [-0.4, -0.2) is 7.28 Å². The standard InChI is InChI=1S/C17H30B/c1-2-3-4-5-6-7-8-13-17-14-9-11-16(18-17)12-10-15-17/h8,13,16H,2-7,9-12,14-15H2,1H3. The molecule has 2 rings (SSSR count). The molecule has 0 spiro atoms. The average molecular weight is 245 g/mol. The molecule has 0 saturated carbocycles. The highest BCUT2D eigenvalue weighted by atomic mass is 14.3. The van der Waals surface area contributed by atoms with Gasteiger partial charge in [-0.05, 0) is 18.2 Å². The minimum atomic E-state index is 0.518. The third-order valence-corrected chi connectivity index (χ3v) is 4.93. The van der Waals surface area contributed by atoms with Crippen molar-refractivity contribution < 1.29 is 0 Å². The van der Waals surface area contributed by atoms with Crippen molar-refractivity contribution >= 4 is 7.28 Å². The number of hydrogen-bond donors (Lipinski definition) is 0. The zero-order valence-corrected chi connectivity index (χ0v) is 12.3. The van der Waals surface area contributed by atoms with Gasteiger partial charge in [0.25, 0.3) is 0 Å². The van der Waals surface area contributed by atoms with Crippen molar-refractivity contribution in [3.63, 3.8) is 0 Å². The summed E-state index contributed by atoms with van der Waals surface area (Å²) in [5.41, 5.74) is 0. The molecule has 0 aromatic carbocycles. The Hall–Kier alpha value is -0.195. The van der Waals surface area contributed by atoms with Gasteiger partial charge in [0.15, 0.2) is 0 Å². The van der Waals surface area contributed by atoms with Gasteiger partial charge in [-0.1, -0.05) is 89.1 Å². The van der Waals surface area contributed by atoms with Gasteiger partial charge in [0, 0.05) is 0 Å². The van der Waals surface area contributed by atoms with Gasteiger partial charge in [-0.3, -0.25) is 0 Å². The topological polar surface area (TPSA) is 0 Å². The molecule has 2 aliphatic rings. The summed E-state index contributed by atoms with van der Waals surface area (Å²) in [5.74, 6) is 0.946. The summed E-state index contributed by atoms with van der Waals surface area (Å²) in [6.45, 7) is 2.29. The van der Waals surface area contributed by atoms with E-state index >= 15 is 0 Å². The maximum atomic E-state index is 2.70. The Morgan fingerprint density at radius 1 is 1.06 bits per heavy atom. The Morgan fingerprint density at radius 2 is 1.78 bits per heavy atom. The molecule has 0 amide bonds. The van der Waals surface area contributed by atoms with Crippen LogP contribution < -0.4 is 0 Å². The van der Waals surface area contributed by atoms with Crippen LogP contribution in [0.5, 0.6) is 0 Å². The lowest BCUT2D eigenvalue weighted by Crippen LogP contribution is -2.31. The first kappa shape index (κ1) is 14.2. The Morgan fingerprint density at radius 3 is 2.50 bits per heavy atom. The van der Waals surface area contributed by atoms with Gasteiger partial charge < -0.3 is 0 Å². The van der Waals surface area contributed by atoms with Crippen molar-refractivity contribution in [2.24, 2.45) is 0 Å². The van der Waals surface area contributed by atoms with Gasteiger partial charge in [-0.2, -0.15) is 0 Å². The largest absolute Gasteiger partial charge is 0.127 e. The molecule has 0 aliphatic carbocycles. The fraction of sp³-hybridized carbons (Fsp3) is 0.882. The summed E-state index contributed by atoms with van der Waals surface area (Å²) in [6, 6.07) is 0. The van der Waals surface area contributed by atoms with E-state index in [1.807, 2.05) is 0 Å². The maximum absolute atomic E-state index is 2.70. The molecule has 0 N–H and O–H groups in total. The molecule has 2 fully saturated rings. The lowest BCUT2D eigenvalue weighted by Gasteiger charge is -2.43. The summed E-state index contributed by atoms with van der Waals surface area (Å²) >= 11 is 0. The van der Waals surface area contributed by atoms with E-state index in [4.69, 9.17) is 0 Å². The SMILES string of the molecule is CCCCCCCC=CC12[B]C(CCC1)CCC2. The lowest BCUT2D eigenvalue weighted by atomic mass is 9.36. The first-order valence-electron chi connectivity index (χ1n) is 8.38. The smallest absolute Gasteiger partial charge is 0.0903 e. The number of allylic oxidation sites excluding steroid dienone is 2. The van der Waals surface area contributed by atoms with Gasteiger partial charge in [-0.15, -0.1) is 0 Å². The molecular weight excluding hydrogens is 215 g/mol. The molecule has 0 atom stereocenters. The molecule has 0 unspecified atom stereocenters. The Labute approximate surface area is 115 Å². The second kappa shape index (κ2) is 7.41. The summed E-state index contributed by atoms with van der Waals surface area (Å²) in [4.78, 5) is 0. The quantitative estimate of drug-likeness (QED) is 0.296. The fourth-order valence-electron chi connectivity index (χ4n) is 3.86. The number of hydrogen-bond acceptors (Lipinski definition) is 0. The van der Waals surface area contributed by atoms with E-state index < -0.39 is 0 Å². The van der Waals surface area contributed by atoms with Crippen molar-refractivity contribution in [3.05, 3.63) is 12.2 Å². The fourth-order valence-corrected chi connectivity index (χ4v) is 3.86. The van der Waals surface area contributed by atoms with Crippen LogP contribution >= 0.6 is 0 Å². The second-order valence-corrected chi connectivity index (χ2v) is 6.55. The highest BCUT2D eigenvalue weighted by Crippen LogP contribution is 2.52. The van der Waals surface area contributed by atoms with Crippen molar-refractivity contribution in [1.82, 2.24) is 0 Å². The van der Waals surface area contributed by atoms with Crippen LogP contribution in [0.25, 0.3) is 0 Å². The van der Waals surface area contributed by atoms with Crippen LogP contribution in [0, 0.1) is 0 Å². The first-order valence-corrected chi connectivity index (χ1v) is 8.38. The molecule has 2 bridgehead atoms. The molecule has 101 valence electrons. The average Bonchev–Trinajstić information content (AvgIpc) is 2.38. The minimum Gasteiger partial charge on any atom is -0.0903 e. The van der Waals surface area contributed by atoms with E-state index in [9.17, 15) is 0 Å². The van der Waals surface area contributed by atoms with Crippen LogP contribution in [0.4, 0.5) is 0 Å². The van der Waals surface area contributed by atoms with E-state index in [1.54, 1.807) is 0 Å². The van der Waals surface area contributed by atoms with E-state index in [-0.39, 0.29) is 0 Å². The van der Waals surface area contributed by atoms with Crippen LogP contribution in [-0.2, 0) is 0 Å². The molecule has 0 aromatic heterocycles. The summed E-state index contributed by atoms with van der Waals surface area (Å²) < 4.78 is 0. The highest BCUT2D eigenvalue weighted by Gasteiger charge is 2.37. The highest BCUT2D eigenvalue weighted by molar-refractivity contribution is 6.43. The number of fused-ring (bicyclic) bond motifs is 2. The second-order valence-electron chi connectivity index (χ2n) is 6.55. The summed E-state index contributed by atoms with van der Waals surface area (Å²) in [5, 5.41) is 0.518. The molecular formula is C17H30B. The monoisotopic (exact) mass is 245 g/mol. The Kier molecular flexibility index (Phi) is 5.85. The van der Waals surface area contributed by atoms with Crippen LogP contribution in [0.3, 0.4) is 0 Å². The van der Waals surface area contributed by atoms with Crippen molar-refractivity contribution in [1.29, 1.82) is 0 Å². The minimum absolute atomic E-state index is 0.518. The van der Waals surface area contributed by atoms with Crippen LogP contribution in [0.2, 0.25) is 11.1 Å². The molecule has 2 heterocycles. The van der Waals surface area contributed by atoms with Gasteiger partial charge in [0.1, 0.15) is 7.28 Å². The predicted molar refractivity (Wildman–Crippen MR) is 82.4 cm³/mol. The zero-order valence-electron chi connectivity index (χ0n) is 12.3. The molecule has 1 heteroatoms. The van der Waals surface area contributed by atoms with Crippen molar-refractivity contribution in [3.8, 4) is 0 Å². The molecule has 2 aliphatic heterocycles. The van der Waals surface area contributed by atoms with E-state index in [1.165, 1.54) is 77.0 Å². The van der Waals surface area contributed by atoms with Gasteiger partial charge in [-0.25, -0.2) is 0 Å². The maximum Gasteiger partial charge on any atom is 0.127 e. The van der Waals surface area contributed by atoms with E-state index in [2.05, 4.69) is 26.4 Å². The summed E-state index contributed by atoms with van der Waals surface area (Å²) in [6.07, 6.45) is 22.1. The van der Waals surface area contributed by atoms with Gasteiger partial charge >= 0.3 is 0 Å². The van der Waals surface area contributed by atoms with E-state index in [0.717, 1.165) is 5.82 Å². The predicted octanol–water partition coefficient (Wildman–Crippen LogP) is 5.92. The number of unbranched alkanes of at least 4 members (excludes halogenated alkanes) is 5. The van der Waals surface area contributed by atoms with Gasteiger partial charge in [0.2, 0.25) is 0 Å². The van der Waals surface area contributed by atoms with Crippen molar-refractivity contribution in [2.45, 2.75) is 95.1 Å². The van der Waals surface area contributed by atoms with Gasteiger partial charge in [0.05, 0.1) is 0 Å². The summed E-state index contributed by atoms with van der Waals surface area (Å²) in [7, 11) is 2.70. The molecule has 18 heavy (non-hydrogen) atoms. The van der Waals surface area contributed by atoms with Crippen LogP contribution in [0.1, 0.15) is 84.0 Å².